The number of Topliss-reactive ketones (excluding diaryl/α,β-unsaturated/α-hetero) is 1. The van der Waals surface area contributed by atoms with Crippen LogP contribution in [0, 0.1) is 11.3 Å². The van der Waals surface area contributed by atoms with Crippen molar-refractivity contribution in [3.63, 3.8) is 0 Å². The average molecular weight is 423 g/mol. The van der Waals surface area contributed by atoms with Gasteiger partial charge in [-0.1, -0.05) is 6.07 Å². The number of pyridine rings is 1. The van der Waals surface area contributed by atoms with Gasteiger partial charge in [-0.2, -0.15) is 9.99 Å². The van der Waals surface area contributed by atoms with E-state index in [1.807, 2.05) is 6.07 Å². The van der Waals surface area contributed by atoms with E-state index >= 15 is 0 Å². The van der Waals surface area contributed by atoms with Crippen molar-refractivity contribution in [1.82, 2.24) is 14.7 Å². The fourth-order valence-corrected chi connectivity index (χ4v) is 3.09. The summed E-state index contributed by atoms with van der Waals surface area (Å²) in [6.45, 7) is 1.44. The molecule has 0 unspecified atom stereocenters. The Morgan fingerprint density at radius 3 is 2.56 bits per heavy atom. The summed E-state index contributed by atoms with van der Waals surface area (Å²) >= 11 is 0. The van der Waals surface area contributed by atoms with Gasteiger partial charge in [0.1, 0.15) is 11.2 Å². The van der Waals surface area contributed by atoms with Crippen molar-refractivity contribution in [3.8, 4) is 17.5 Å². The SMILES string of the molecule is CC(=O)c1ccc(/C=C/C(=O)Nc2ccc(-c3nc4ccc(C#N)cc4n3O)cc2)cn1. The molecule has 1 amide bonds. The van der Waals surface area contributed by atoms with E-state index in [9.17, 15) is 14.8 Å². The van der Waals surface area contributed by atoms with Crippen LogP contribution in [0.4, 0.5) is 5.69 Å². The first-order valence-electron chi connectivity index (χ1n) is 9.63. The van der Waals surface area contributed by atoms with Crippen LogP contribution in [-0.4, -0.2) is 31.6 Å². The molecule has 0 saturated heterocycles. The molecule has 8 nitrogen and oxygen atoms in total. The maximum atomic E-state index is 12.2. The monoisotopic (exact) mass is 423 g/mol. The Hall–Kier alpha value is -4.77. The van der Waals surface area contributed by atoms with E-state index in [1.54, 1.807) is 60.7 Å². The molecule has 0 radical (unpaired) electrons. The Bertz CT molecular complexity index is 1390. The highest BCUT2D eigenvalue weighted by atomic mass is 16.5. The van der Waals surface area contributed by atoms with Gasteiger partial charge in [0, 0.05) is 30.4 Å². The van der Waals surface area contributed by atoms with Crippen LogP contribution in [0.3, 0.4) is 0 Å². The minimum Gasteiger partial charge on any atom is -0.426 e. The van der Waals surface area contributed by atoms with Crippen LogP contribution >= 0.6 is 0 Å². The van der Waals surface area contributed by atoms with Crippen molar-refractivity contribution in [1.29, 1.82) is 5.26 Å². The summed E-state index contributed by atoms with van der Waals surface area (Å²) in [5.74, 6) is -0.119. The van der Waals surface area contributed by atoms with Gasteiger partial charge in [-0.15, -0.1) is 0 Å². The molecule has 156 valence electrons. The average Bonchev–Trinajstić information content (AvgIpc) is 3.14. The topological polar surface area (TPSA) is 121 Å². The lowest BCUT2D eigenvalue weighted by Crippen LogP contribution is -2.07. The van der Waals surface area contributed by atoms with Crippen molar-refractivity contribution in [2.24, 2.45) is 0 Å². The molecule has 4 rings (SSSR count). The summed E-state index contributed by atoms with van der Waals surface area (Å²) in [6.07, 6.45) is 4.50. The number of amides is 1. The number of carbonyl (C=O) groups excluding carboxylic acids is 2. The van der Waals surface area contributed by atoms with E-state index in [0.717, 1.165) is 4.73 Å². The van der Waals surface area contributed by atoms with Gasteiger partial charge in [0.15, 0.2) is 11.6 Å². The van der Waals surface area contributed by atoms with E-state index < -0.39 is 0 Å². The maximum absolute atomic E-state index is 12.2. The highest BCUT2D eigenvalue weighted by molar-refractivity contribution is 6.02. The second-order valence-electron chi connectivity index (χ2n) is 7.00. The zero-order chi connectivity index (χ0) is 22.7. The minimum atomic E-state index is -0.327. The third-order valence-electron chi connectivity index (χ3n) is 4.74. The van der Waals surface area contributed by atoms with E-state index in [-0.39, 0.29) is 11.7 Å². The highest BCUT2D eigenvalue weighted by Gasteiger charge is 2.13. The second-order valence-corrected chi connectivity index (χ2v) is 7.00. The number of anilines is 1. The van der Waals surface area contributed by atoms with Gasteiger partial charge in [-0.25, -0.2) is 4.98 Å². The fraction of sp³-hybridized carbons (Fsp3) is 0.0417. The first-order valence-corrected chi connectivity index (χ1v) is 9.63. The Balaban J connectivity index is 1.46. The third kappa shape index (κ3) is 4.22. The molecule has 2 N–H and O–H groups in total. The molecule has 0 atom stereocenters. The van der Waals surface area contributed by atoms with Crippen LogP contribution in [-0.2, 0) is 4.79 Å². The van der Waals surface area contributed by atoms with Crippen molar-refractivity contribution in [2.45, 2.75) is 6.92 Å². The van der Waals surface area contributed by atoms with E-state index in [4.69, 9.17) is 5.26 Å². The van der Waals surface area contributed by atoms with Crippen molar-refractivity contribution in [2.75, 3.05) is 5.32 Å². The molecule has 2 aromatic heterocycles. The Labute approximate surface area is 183 Å². The molecule has 0 aliphatic rings. The minimum absolute atomic E-state index is 0.120. The standard InChI is InChI=1S/C24H17N5O3/c1-15(30)20-9-2-16(14-26-20)4-11-23(31)27-19-7-5-18(6-8-19)24-28-21-10-3-17(13-25)12-22(21)29(24)32/h2-12,14,32H,1H3,(H,27,31)/b11-4+. The lowest BCUT2D eigenvalue weighted by atomic mass is 10.2. The number of aromatic nitrogens is 3. The Morgan fingerprint density at radius 2 is 1.91 bits per heavy atom. The number of nitrogens with zero attached hydrogens (tertiary/aromatic N) is 4. The van der Waals surface area contributed by atoms with Gasteiger partial charge < -0.3 is 10.5 Å². The molecule has 4 aromatic rings. The smallest absolute Gasteiger partial charge is 0.248 e. The van der Waals surface area contributed by atoms with Crippen LogP contribution < -0.4 is 5.32 Å². The molecule has 0 aliphatic heterocycles. The van der Waals surface area contributed by atoms with E-state index in [1.165, 1.54) is 19.2 Å². The largest absolute Gasteiger partial charge is 0.426 e. The molecule has 8 heteroatoms. The second kappa shape index (κ2) is 8.53. The van der Waals surface area contributed by atoms with Crippen LogP contribution in [0.2, 0.25) is 0 Å². The predicted molar refractivity (Wildman–Crippen MR) is 119 cm³/mol. The van der Waals surface area contributed by atoms with Crippen LogP contribution in [0.5, 0.6) is 0 Å². The van der Waals surface area contributed by atoms with E-state index in [2.05, 4.69) is 15.3 Å². The summed E-state index contributed by atoms with van der Waals surface area (Å²) in [5, 5.41) is 22.2. The number of ketones is 1. The first kappa shape index (κ1) is 20.5. The molecule has 0 fully saturated rings. The van der Waals surface area contributed by atoms with Gasteiger partial charge in [-0.05, 0) is 60.2 Å². The number of nitrogens with one attached hydrogen (secondary N) is 1. The predicted octanol–water partition coefficient (Wildman–Crippen LogP) is 4.06. The molecule has 0 aliphatic carbocycles. The quantitative estimate of drug-likeness (QED) is 0.284. The molecule has 0 spiro atoms. The summed E-state index contributed by atoms with van der Waals surface area (Å²) < 4.78 is 0.942. The Kier molecular flexibility index (Phi) is 5.47. The van der Waals surface area contributed by atoms with Gasteiger partial charge in [0.05, 0.1) is 17.1 Å². The van der Waals surface area contributed by atoms with Crippen LogP contribution in [0.1, 0.15) is 28.5 Å². The molecule has 2 heterocycles. The van der Waals surface area contributed by atoms with Gasteiger partial charge in [0.25, 0.3) is 0 Å². The lowest BCUT2D eigenvalue weighted by molar-refractivity contribution is -0.111. The number of fused-ring (bicyclic) bond motifs is 1. The number of carbonyl (C=O) groups is 2. The molecular weight excluding hydrogens is 406 g/mol. The van der Waals surface area contributed by atoms with Gasteiger partial charge in [-0.3, -0.25) is 14.6 Å². The van der Waals surface area contributed by atoms with E-state index in [0.29, 0.717) is 44.9 Å². The van der Waals surface area contributed by atoms with Crippen LogP contribution in [0.15, 0.2) is 66.9 Å². The third-order valence-corrected chi connectivity index (χ3v) is 4.74. The van der Waals surface area contributed by atoms with Crippen molar-refractivity contribution < 1.29 is 14.8 Å². The summed E-state index contributed by atoms with van der Waals surface area (Å²) in [6, 6.07) is 17.1. The number of hydrogen-bond acceptors (Lipinski definition) is 6. The number of rotatable bonds is 5. The fourth-order valence-electron chi connectivity index (χ4n) is 3.09. The number of nitriles is 1. The first-order chi connectivity index (χ1) is 15.4. The zero-order valence-electron chi connectivity index (χ0n) is 17.0. The molecule has 0 saturated carbocycles. The highest BCUT2D eigenvalue weighted by Crippen LogP contribution is 2.25. The molecule has 2 aromatic carbocycles. The molecular formula is C24H17N5O3. The summed E-state index contributed by atoms with van der Waals surface area (Å²) in [5.41, 5.74) is 3.71. The van der Waals surface area contributed by atoms with Gasteiger partial charge in [0.2, 0.25) is 5.91 Å². The lowest BCUT2D eigenvalue weighted by Gasteiger charge is -2.05. The number of benzene rings is 2. The number of hydrogen-bond donors (Lipinski definition) is 2. The van der Waals surface area contributed by atoms with Crippen molar-refractivity contribution in [3.05, 3.63) is 83.7 Å². The summed E-state index contributed by atoms with van der Waals surface area (Å²) in [7, 11) is 0. The zero-order valence-corrected chi connectivity index (χ0v) is 17.0. The van der Waals surface area contributed by atoms with Crippen molar-refractivity contribution >= 4 is 34.5 Å². The molecule has 32 heavy (non-hydrogen) atoms. The maximum Gasteiger partial charge on any atom is 0.248 e. The normalized spacial score (nSPS) is 10.9. The summed E-state index contributed by atoms with van der Waals surface area (Å²) in [4.78, 5) is 31.9. The van der Waals surface area contributed by atoms with Gasteiger partial charge >= 0.3 is 0 Å². The molecule has 0 bridgehead atoms. The number of imidazole rings is 1. The Morgan fingerprint density at radius 1 is 1.12 bits per heavy atom. The van der Waals surface area contributed by atoms with Crippen LogP contribution in [0.25, 0.3) is 28.5 Å².